The van der Waals surface area contributed by atoms with Crippen LogP contribution in [0.4, 0.5) is 4.79 Å². The van der Waals surface area contributed by atoms with Crippen LogP contribution in [0.3, 0.4) is 0 Å². The number of benzene rings is 1. The van der Waals surface area contributed by atoms with Crippen molar-refractivity contribution in [2.75, 3.05) is 13.7 Å². The van der Waals surface area contributed by atoms with Gasteiger partial charge in [0.2, 0.25) is 0 Å². The number of ether oxygens (including phenoxy) is 2. The lowest BCUT2D eigenvalue weighted by atomic mass is 9.97. The van der Waals surface area contributed by atoms with Gasteiger partial charge < -0.3 is 14.4 Å². The van der Waals surface area contributed by atoms with Gasteiger partial charge in [-0.25, -0.2) is 9.59 Å². The quantitative estimate of drug-likeness (QED) is 0.657. The second-order valence-electron chi connectivity index (χ2n) is 6.47. The average Bonchev–Trinajstić information content (AvgIpc) is 2.60. The van der Waals surface area contributed by atoms with Gasteiger partial charge in [-0.05, 0) is 44.9 Å². The van der Waals surface area contributed by atoms with Crippen molar-refractivity contribution in [1.82, 2.24) is 4.90 Å². The molecule has 0 heterocycles. The zero-order valence-electron chi connectivity index (χ0n) is 16.2. The molecular formula is C20H31NO4. The molecule has 140 valence electrons. The summed E-state index contributed by atoms with van der Waals surface area (Å²) in [6, 6.07) is 7.42. The van der Waals surface area contributed by atoms with Gasteiger partial charge in [0.15, 0.2) is 0 Å². The molecule has 0 bridgehead atoms. The number of hydrogen-bond donors (Lipinski definition) is 0. The molecule has 25 heavy (non-hydrogen) atoms. The molecule has 1 rings (SSSR count). The van der Waals surface area contributed by atoms with Crippen molar-refractivity contribution in [2.24, 2.45) is 5.92 Å². The largest absolute Gasteiger partial charge is 0.459 e. The van der Waals surface area contributed by atoms with E-state index in [4.69, 9.17) is 9.47 Å². The monoisotopic (exact) mass is 349 g/mol. The summed E-state index contributed by atoms with van der Waals surface area (Å²) in [5.74, 6) is -0.369. The standard InChI is InChI=1S/C20H31NO4/c1-7-9-17-10-12-18(13-11-17)19(22)25-16(5)14(3)15(4)21(6)20(23)24-8-2/h10-16H,7-9H2,1-6H3. The molecule has 0 aliphatic heterocycles. The van der Waals surface area contributed by atoms with Crippen molar-refractivity contribution in [3.8, 4) is 0 Å². The lowest BCUT2D eigenvalue weighted by molar-refractivity contribution is 0.00870. The summed E-state index contributed by atoms with van der Waals surface area (Å²) in [7, 11) is 1.69. The first-order valence-corrected chi connectivity index (χ1v) is 9.01. The van der Waals surface area contributed by atoms with E-state index in [2.05, 4.69) is 6.92 Å². The van der Waals surface area contributed by atoms with Gasteiger partial charge in [-0.15, -0.1) is 0 Å². The molecule has 0 saturated carbocycles. The third kappa shape index (κ3) is 6.07. The van der Waals surface area contributed by atoms with E-state index < -0.39 is 0 Å². The highest BCUT2D eigenvalue weighted by Crippen LogP contribution is 2.19. The van der Waals surface area contributed by atoms with Gasteiger partial charge in [-0.1, -0.05) is 32.4 Å². The topological polar surface area (TPSA) is 55.8 Å². The SMILES string of the molecule is CCCc1ccc(C(=O)OC(C)C(C)C(C)N(C)C(=O)OCC)cc1. The molecule has 5 heteroatoms. The molecule has 1 aromatic rings. The molecular weight excluding hydrogens is 318 g/mol. The third-order valence-electron chi connectivity index (χ3n) is 4.69. The molecule has 0 saturated heterocycles. The van der Waals surface area contributed by atoms with Crippen LogP contribution in [0.1, 0.15) is 57.0 Å². The molecule has 3 unspecified atom stereocenters. The molecule has 0 N–H and O–H groups in total. The normalized spacial score (nSPS) is 14.3. The Morgan fingerprint density at radius 3 is 2.20 bits per heavy atom. The number of nitrogens with zero attached hydrogens (tertiary/aromatic N) is 1. The predicted molar refractivity (Wildman–Crippen MR) is 98.7 cm³/mol. The fourth-order valence-corrected chi connectivity index (χ4v) is 2.58. The molecule has 0 fully saturated rings. The van der Waals surface area contributed by atoms with Gasteiger partial charge in [-0.2, -0.15) is 0 Å². The van der Waals surface area contributed by atoms with E-state index in [0.717, 1.165) is 12.8 Å². The Hall–Kier alpha value is -2.04. The number of carbonyl (C=O) groups is 2. The Kier molecular flexibility index (Phi) is 8.46. The van der Waals surface area contributed by atoms with E-state index >= 15 is 0 Å². The van der Waals surface area contributed by atoms with Crippen LogP contribution in [0.25, 0.3) is 0 Å². The molecule has 1 aromatic carbocycles. The number of aryl methyl sites for hydroxylation is 1. The highest BCUT2D eigenvalue weighted by Gasteiger charge is 2.28. The van der Waals surface area contributed by atoms with Gasteiger partial charge in [-0.3, -0.25) is 0 Å². The van der Waals surface area contributed by atoms with Gasteiger partial charge in [0, 0.05) is 19.0 Å². The number of carbonyl (C=O) groups excluding carboxylic acids is 2. The summed E-state index contributed by atoms with van der Waals surface area (Å²) < 4.78 is 10.6. The second kappa shape index (κ2) is 10.1. The van der Waals surface area contributed by atoms with E-state index in [1.807, 2.05) is 32.9 Å². The van der Waals surface area contributed by atoms with E-state index in [-0.39, 0.29) is 30.1 Å². The zero-order chi connectivity index (χ0) is 19.0. The van der Waals surface area contributed by atoms with Crippen LogP contribution in [0.5, 0.6) is 0 Å². The van der Waals surface area contributed by atoms with E-state index in [9.17, 15) is 9.59 Å². The van der Waals surface area contributed by atoms with Crippen LogP contribution in [-0.4, -0.2) is 42.8 Å². The minimum atomic E-state index is -0.369. The van der Waals surface area contributed by atoms with Gasteiger partial charge in [0.05, 0.1) is 12.2 Å². The van der Waals surface area contributed by atoms with Crippen LogP contribution >= 0.6 is 0 Å². The molecule has 0 aliphatic rings. The first kappa shape index (κ1) is 21.0. The van der Waals surface area contributed by atoms with E-state index in [0.29, 0.717) is 12.2 Å². The van der Waals surface area contributed by atoms with Gasteiger partial charge >= 0.3 is 12.1 Å². The van der Waals surface area contributed by atoms with E-state index in [1.54, 1.807) is 26.1 Å². The van der Waals surface area contributed by atoms with Crippen LogP contribution < -0.4 is 0 Å². The average molecular weight is 349 g/mol. The predicted octanol–water partition coefficient (Wildman–Crippen LogP) is 4.30. The molecule has 0 spiro atoms. The van der Waals surface area contributed by atoms with Crippen LogP contribution in [0.15, 0.2) is 24.3 Å². The second-order valence-corrected chi connectivity index (χ2v) is 6.47. The van der Waals surface area contributed by atoms with Crippen LogP contribution in [0.2, 0.25) is 0 Å². The lowest BCUT2D eigenvalue weighted by Crippen LogP contribution is -2.43. The van der Waals surface area contributed by atoms with Crippen molar-refractivity contribution < 1.29 is 19.1 Å². The van der Waals surface area contributed by atoms with Crippen molar-refractivity contribution in [3.05, 3.63) is 35.4 Å². The lowest BCUT2D eigenvalue weighted by Gasteiger charge is -2.32. The number of hydrogen-bond acceptors (Lipinski definition) is 4. The summed E-state index contributed by atoms with van der Waals surface area (Å²) in [5, 5.41) is 0. The van der Waals surface area contributed by atoms with Gasteiger partial charge in [0.1, 0.15) is 6.10 Å². The van der Waals surface area contributed by atoms with Crippen molar-refractivity contribution in [2.45, 2.75) is 59.6 Å². The molecule has 0 radical (unpaired) electrons. The van der Waals surface area contributed by atoms with Crippen LogP contribution in [-0.2, 0) is 15.9 Å². The Morgan fingerprint density at radius 1 is 1.08 bits per heavy atom. The highest BCUT2D eigenvalue weighted by atomic mass is 16.6. The van der Waals surface area contributed by atoms with Crippen molar-refractivity contribution in [3.63, 3.8) is 0 Å². The fourth-order valence-electron chi connectivity index (χ4n) is 2.58. The minimum absolute atomic E-state index is 0.0299. The fraction of sp³-hybridized carbons (Fsp3) is 0.600. The number of esters is 1. The summed E-state index contributed by atoms with van der Waals surface area (Å²) in [6.45, 7) is 9.97. The van der Waals surface area contributed by atoms with Gasteiger partial charge in [0.25, 0.3) is 0 Å². The Labute approximate surface area is 151 Å². The first-order chi connectivity index (χ1) is 11.8. The molecule has 3 atom stereocenters. The molecule has 0 aromatic heterocycles. The molecule has 5 nitrogen and oxygen atoms in total. The highest BCUT2D eigenvalue weighted by molar-refractivity contribution is 5.89. The van der Waals surface area contributed by atoms with E-state index in [1.165, 1.54) is 10.5 Å². The summed E-state index contributed by atoms with van der Waals surface area (Å²) in [5.41, 5.74) is 1.76. The van der Waals surface area contributed by atoms with Crippen molar-refractivity contribution in [1.29, 1.82) is 0 Å². The zero-order valence-corrected chi connectivity index (χ0v) is 16.2. The first-order valence-electron chi connectivity index (χ1n) is 9.01. The maximum absolute atomic E-state index is 12.3. The number of rotatable bonds is 8. The van der Waals surface area contributed by atoms with Crippen molar-refractivity contribution >= 4 is 12.1 Å². The summed E-state index contributed by atoms with van der Waals surface area (Å²) >= 11 is 0. The Morgan fingerprint density at radius 2 is 1.68 bits per heavy atom. The third-order valence-corrected chi connectivity index (χ3v) is 4.69. The van der Waals surface area contributed by atoms with Crippen LogP contribution in [0, 0.1) is 5.92 Å². The smallest absolute Gasteiger partial charge is 0.409 e. The maximum Gasteiger partial charge on any atom is 0.409 e. The number of amides is 1. The molecule has 0 aliphatic carbocycles. The summed E-state index contributed by atoms with van der Waals surface area (Å²) in [4.78, 5) is 25.7. The maximum atomic E-state index is 12.3. The Bertz CT molecular complexity index is 555. The Balaban J connectivity index is 2.65. The molecule has 1 amide bonds. The minimum Gasteiger partial charge on any atom is -0.459 e. The summed E-state index contributed by atoms with van der Waals surface area (Å²) in [6.07, 6.45) is 1.38.